The van der Waals surface area contributed by atoms with Gasteiger partial charge in [0.1, 0.15) is 0 Å². The van der Waals surface area contributed by atoms with Crippen LogP contribution in [0.5, 0.6) is 0 Å². The summed E-state index contributed by atoms with van der Waals surface area (Å²) in [6.45, 7) is 0.409. The van der Waals surface area contributed by atoms with Gasteiger partial charge in [-0.1, -0.05) is 0 Å². The molecule has 6 heteroatoms. The van der Waals surface area contributed by atoms with E-state index < -0.39 is 11.9 Å². The molecule has 0 amide bonds. The second kappa shape index (κ2) is 3.52. The molecule has 1 aliphatic carbocycles. The zero-order valence-corrected chi connectivity index (χ0v) is 8.06. The molecule has 0 radical (unpaired) electrons. The smallest absolute Gasteiger partial charge is 0.330 e. The van der Waals surface area contributed by atoms with Crippen molar-refractivity contribution in [1.29, 1.82) is 0 Å². The quantitative estimate of drug-likeness (QED) is 0.797. The van der Waals surface area contributed by atoms with Crippen LogP contribution in [0.25, 0.3) is 0 Å². The highest BCUT2D eigenvalue weighted by molar-refractivity contribution is 5.35. The van der Waals surface area contributed by atoms with E-state index in [4.69, 9.17) is 5.73 Å². The van der Waals surface area contributed by atoms with E-state index in [0.717, 1.165) is 6.42 Å². The van der Waals surface area contributed by atoms with Gasteiger partial charge < -0.3 is 5.73 Å². The number of nitrogens with one attached hydrogen (secondary N) is 1. The number of fused-ring (bicyclic) bond motifs is 1. The van der Waals surface area contributed by atoms with Gasteiger partial charge in [-0.15, -0.1) is 0 Å². The lowest BCUT2D eigenvalue weighted by Crippen LogP contribution is -2.12. The Kier molecular flexibility index (Phi) is 2.46. The summed E-state index contributed by atoms with van der Waals surface area (Å²) >= 11 is 0. The maximum absolute atomic E-state index is 12.6. The lowest BCUT2D eigenvalue weighted by molar-refractivity contribution is -0.142. The molecule has 1 aliphatic rings. The summed E-state index contributed by atoms with van der Waals surface area (Å²) in [6, 6.07) is 0. The molecule has 1 aromatic heterocycles. The van der Waals surface area contributed by atoms with Gasteiger partial charge in [0.2, 0.25) is 0 Å². The molecule has 0 aliphatic heterocycles. The first-order chi connectivity index (χ1) is 7.04. The minimum Gasteiger partial charge on any atom is -0.330 e. The summed E-state index contributed by atoms with van der Waals surface area (Å²) < 4.78 is 37.7. The van der Waals surface area contributed by atoms with Gasteiger partial charge in [-0.25, -0.2) is 0 Å². The van der Waals surface area contributed by atoms with E-state index in [1.807, 2.05) is 0 Å². The summed E-state index contributed by atoms with van der Waals surface area (Å²) in [5.41, 5.74) is 5.59. The number of aryl methyl sites for hydroxylation is 1. The van der Waals surface area contributed by atoms with Crippen LogP contribution in [0, 0.1) is 0 Å². The highest BCUT2D eigenvalue weighted by Gasteiger charge is 2.41. The number of alkyl halides is 3. The van der Waals surface area contributed by atoms with Crippen LogP contribution < -0.4 is 5.73 Å². The number of H-pyrrole nitrogens is 1. The molecule has 0 aromatic carbocycles. The average Bonchev–Trinajstić information content (AvgIpc) is 2.66. The monoisotopic (exact) mass is 219 g/mol. The fourth-order valence-electron chi connectivity index (χ4n) is 2.19. The Morgan fingerprint density at radius 2 is 2.20 bits per heavy atom. The standard InChI is InChI=1S/C9H12F3N3/c10-9(11,12)8-7-5(3-4-13)1-2-6(7)14-15-8/h5H,1-4,13H2,(H,14,15). The second-order valence-corrected chi connectivity index (χ2v) is 3.78. The van der Waals surface area contributed by atoms with Crippen molar-refractivity contribution in [2.24, 2.45) is 5.73 Å². The zero-order valence-electron chi connectivity index (χ0n) is 8.06. The van der Waals surface area contributed by atoms with E-state index in [2.05, 4.69) is 10.2 Å². The van der Waals surface area contributed by atoms with Crippen molar-refractivity contribution in [1.82, 2.24) is 10.2 Å². The SMILES string of the molecule is NCCC1CCc2[nH]nc(C(F)(F)F)c21. The highest BCUT2D eigenvalue weighted by Crippen LogP contribution is 2.42. The fourth-order valence-corrected chi connectivity index (χ4v) is 2.19. The second-order valence-electron chi connectivity index (χ2n) is 3.78. The van der Waals surface area contributed by atoms with E-state index in [0.29, 0.717) is 30.6 Å². The van der Waals surface area contributed by atoms with Crippen molar-refractivity contribution in [3.8, 4) is 0 Å². The number of nitrogens with two attached hydrogens (primary N) is 1. The number of rotatable bonds is 2. The minimum absolute atomic E-state index is 0.0830. The minimum atomic E-state index is -4.36. The Morgan fingerprint density at radius 1 is 1.47 bits per heavy atom. The lowest BCUT2D eigenvalue weighted by atomic mass is 9.98. The van der Waals surface area contributed by atoms with Crippen molar-refractivity contribution in [2.75, 3.05) is 6.54 Å². The van der Waals surface area contributed by atoms with Crippen LogP contribution in [0.4, 0.5) is 13.2 Å². The Labute approximate surface area is 84.8 Å². The first-order valence-electron chi connectivity index (χ1n) is 4.88. The summed E-state index contributed by atoms with van der Waals surface area (Å²) in [6.07, 6.45) is -2.38. The molecule has 15 heavy (non-hydrogen) atoms. The van der Waals surface area contributed by atoms with Crippen molar-refractivity contribution in [2.45, 2.75) is 31.4 Å². The van der Waals surface area contributed by atoms with Crippen LogP contribution in [-0.2, 0) is 12.6 Å². The molecular formula is C9H12F3N3. The third-order valence-electron chi connectivity index (χ3n) is 2.82. The first kappa shape index (κ1) is 10.5. The number of hydrogen-bond acceptors (Lipinski definition) is 2. The summed E-state index contributed by atoms with van der Waals surface area (Å²) in [4.78, 5) is 0. The Morgan fingerprint density at radius 3 is 2.80 bits per heavy atom. The molecular weight excluding hydrogens is 207 g/mol. The summed E-state index contributed by atoms with van der Waals surface area (Å²) in [7, 11) is 0. The van der Waals surface area contributed by atoms with E-state index in [1.54, 1.807) is 0 Å². The molecule has 1 unspecified atom stereocenters. The van der Waals surface area contributed by atoms with Gasteiger partial charge in [0.05, 0.1) is 0 Å². The molecule has 0 fully saturated rings. The van der Waals surface area contributed by atoms with Gasteiger partial charge in [-0.05, 0) is 31.7 Å². The van der Waals surface area contributed by atoms with E-state index in [9.17, 15) is 13.2 Å². The number of nitrogens with zero attached hydrogens (tertiary/aromatic N) is 1. The van der Waals surface area contributed by atoms with Crippen LogP contribution in [0.15, 0.2) is 0 Å². The molecule has 3 nitrogen and oxygen atoms in total. The first-order valence-corrected chi connectivity index (χ1v) is 4.88. The van der Waals surface area contributed by atoms with Gasteiger partial charge in [0, 0.05) is 11.3 Å². The largest absolute Gasteiger partial charge is 0.435 e. The van der Waals surface area contributed by atoms with E-state index >= 15 is 0 Å². The molecule has 1 heterocycles. The van der Waals surface area contributed by atoms with Crippen LogP contribution in [0.3, 0.4) is 0 Å². The molecule has 3 N–H and O–H groups in total. The van der Waals surface area contributed by atoms with Gasteiger partial charge in [-0.2, -0.15) is 18.3 Å². The number of halogens is 3. The van der Waals surface area contributed by atoms with Crippen molar-refractivity contribution < 1.29 is 13.2 Å². The van der Waals surface area contributed by atoms with Gasteiger partial charge in [0.15, 0.2) is 5.69 Å². The Hall–Kier alpha value is -1.04. The molecule has 1 aromatic rings. The highest BCUT2D eigenvalue weighted by atomic mass is 19.4. The van der Waals surface area contributed by atoms with Crippen LogP contribution in [-0.4, -0.2) is 16.7 Å². The topological polar surface area (TPSA) is 54.7 Å². The maximum Gasteiger partial charge on any atom is 0.435 e. The molecule has 0 saturated heterocycles. The molecule has 0 saturated carbocycles. The van der Waals surface area contributed by atoms with Crippen LogP contribution >= 0.6 is 0 Å². The van der Waals surface area contributed by atoms with Crippen LogP contribution in [0.1, 0.15) is 35.7 Å². The zero-order chi connectivity index (χ0) is 11.1. The van der Waals surface area contributed by atoms with Gasteiger partial charge in [0.25, 0.3) is 0 Å². The molecule has 2 rings (SSSR count). The van der Waals surface area contributed by atoms with E-state index in [-0.39, 0.29) is 5.92 Å². The number of hydrogen-bond donors (Lipinski definition) is 2. The number of aromatic nitrogens is 2. The number of aromatic amines is 1. The van der Waals surface area contributed by atoms with E-state index in [1.165, 1.54) is 0 Å². The Bertz CT molecular complexity index is 356. The third kappa shape index (κ3) is 1.73. The third-order valence-corrected chi connectivity index (χ3v) is 2.82. The fraction of sp³-hybridized carbons (Fsp3) is 0.667. The maximum atomic E-state index is 12.6. The molecule has 84 valence electrons. The molecule has 0 spiro atoms. The van der Waals surface area contributed by atoms with Crippen molar-refractivity contribution >= 4 is 0 Å². The molecule has 0 bridgehead atoms. The summed E-state index contributed by atoms with van der Waals surface area (Å²) in [5.74, 6) is -0.0830. The predicted molar refractivity (Wildman–Crippen MR) is 48.3 cm³/mol. The van der Waals surface area contributed by atoms with Gasteiger partial charge >= 0.3 is 6.18 Å². The van der Waals surface area contributed by atoms with Crippen molar-refractivity contribution in [3.05, 3.63) is 17.0 Å². The Balaban J connectivity index is 2.36. The van der Waals surface area contributed by atoms with Crippen molar-refractivity contribution in [3.63, 3.8) is 0 Å². The molecule has 1 atom stereocenters. The average molecular weight is 219 g/mol. The van der Waals surface area contributed by atoms with Crippen LogP contribution in [0.2, 0.25) is 0 Å². The normalized spacial score (nSPS) is 20.7. The predicted octanol–water partition coefficient (Wildman–Crippen LogP) is 1.81. The lowest BCUT2D eigenvalue weighted by Gasteiger charge is -2.11. The van der Waals surface area contributed by atoms with Gasteiger partial charge in [-0.3, -0.25) is 5.10 Å². The summed E-state index contributed by atoms with van der Waals surface area (Å²) in [5, 5.41) is 5.82.